The molecule has 0 amide bonds. The molecule has 0 aromatic carbocycles. The highest BCUT2D eigenvalue weighted by atomic mass is 16.5. The molecule has 0 spiro atoms. The fourth-order valence-corrected chi connectivity index (χ4v) is 2.56. The van der Waals surface area contributed by atoms with Crippen LogP contribution in [-0.4, -0.2) is 56.4 Å². The van der Waals surface area contributed by atoms with Gasteiger partial charge in [-0.15, -0.1) is 0 Å². The van der Waals surface area contributed by atoms with E-state index in [4.69, 9.17) is 15.2 Å². The van der Waals surface area contributed by atoms with Crippen molar-refractivity contribution in [3.63, 3.8) is 0 Å². The van der Waals surface area contributed by atoms with Gasteiger partial charge in [0.05, 0.1) is 25.4 Å². The molecule has 0 aromatic rings. The summed E-state index contributed by atoms with van der Waals surface area (Å²) in [7, 11) is 1.78. The number of nitrogens with zero attached hydrogens (tertiary/aromatic N) is 2. The quantitative estimate of drug-likeness (QED) is 0.580. The van der Waals surface area contributed by atoms with Crippen LogP contribution in [-0.2, 0) is 9.47 Å². The van der Waals surface area contributed by atoms with Crippen LogP contribution in [0.2, 0.25) is 0 Å². The zero-order chi connectivity index (χ0) is 12.1. The van der Waals surface area contributed by atoms with Crippen molar-refractivity contribution >= 4 is 5.96 Å². The van der Waals surface area contributed by atoms with Crippen molar-refractivity contribution in [2.45, 2.75) is 31.3 Å². The molecule has 5 nitrogen and oxygen atoms in total. The Labute approximate surface area is 103 Å². The maximum absolute atomic E-state index is 6.00. The van der Waals surface area contributed by atoms with Crippen LogP contribution in [0, 0.1) is 0 Å². The first-order valence-electron chi connectivity index (χ1n) is 6.43. The fraction of sp³-hybridized carbons (Fsp3) is 0.917. The first kappa shape index (κ1) is 12.6. The summed E-state index contributed by atoms with van der Waals surface area (Å²) < 4.78 is 10.9. The van der Waals surface area contributed by atoms with Crippen molar-refractivity contribution in [1.82, 2.24) is 4.90 Å². The third kappa shape index (κ3) is 3.10. The van der Waals surface area contributed by atoms with Gasteiger partial charge in [0, 0.05) is 20.2 Å². The lowest BCUT2D eigenvalue weighted by Gasteiger charge is -2.29. The van der Waals surface area contributed by atoms with Gasteiger partial charge < -0.3 is 20.1 Å². The van der Waals surface area contributed by atoms with Crippen molar-refractivity contribution in [2.24, 2.45) is 10.7 Å². The van der Waals surface area contributed by atoms with Crippen molar-refractivity contribution in [3.8, 4) is 0 Å². The third-order valence-corrected chi connectivity index (χ3v) is 3.81. The van der Waals surface area contributed by atoms with E-state index in [1.54, 1.807) is 7.11 Å². The highest BCUT2D eigenvalue weighted by Crippen LogP contribution is 2.32. The number of hydrogen-bond donors (Lipinski definition) is 1. The van der Waals surface area contributed by atoms with Gasteiger partial charge in [0.15, 0.2) is 5.96 Å². The molecule has 2 rings (SSSR count). The molecule has 0 radical (unpaired) electrons. The maximum atomic E-state index is 6.00. The Hall–Kier alpha value is -0.810. The lowest BCUT2D eigenvalue weighted by molar-refractivity contribution is 0.00383. The lowest BCUT2D eigenvalue weighted by Crippen LogP contribution is -2.45. The molecule has 1 saturated heterocycles. The maximum Gasteiger partial charge on any atom is 0.191 e. The fourth-order valence-electron chi connectivity index (χ4n) is 2.56. The summed E-state index contributed by atoms with van der Waals surface area (Å²) in [6.45, 7) is 3.86. The number of hydrogen-bond acceptors (Lipinski definition) is 3. The average Bonchev–Trinajstić information content (AvgIpc) is 2.86. The molecule has 2 N–H and O–H groups in total. The van der Waals surface area contributed by atoms with Crippen LogP contribution in [0.1, 0.15) is 25.7 Å². The Morgan fingerprint density at radius 1 is 1.35 bits per heavy atom. The van der Waals surface area contributed by atoms with Gasteiger partial charge in [-0.1, -0.05) is 12.8 Å². The number of rotatable bonds is 3. The van der Waals surface area contributed by atoms with Gasteiger partial charge in [0.2, 0.25) is 0 Å². The molecule has 0 bridgehead atoms. The molecule has 1 aliphatic carbocycles. The summed E-state index contributed by atoms with van der Waals surface area (Å²) in [5.41, 5.74) is 5.95. The Morgan fingerprint density at radius 3 is 2.59 bits per heavy atom. The van der Waals surface area contributed by atoms with Gasteiger partial charge in [-0.25, -0.2) is 0 Å². The second-order valence-corrected chi connectivity index (χ2v) is 4.87. The molecule has 1 aliphatic heterocycles. The molecule has 0 unspecified atom stereocenters. The smallest absolute Gasteiger partial charge is 0.191 e. The second kappa shape index (κ2) is 5.69. The number of guanidine groups is 1. The molecule has 2 aliphatic rings. The van der Waals surface area contributed by atoms with Crippen LogP contribution in [0.5, 0.6) is 0 Å². The van der Waals surface area contributed by atoms with Gasteiger partial charge in [0.1, 0.15) is 0 Å². The van der Waals surface area contributed by atoms with Gasteiger partial charge in [-0.3, -0.25) is 4.99 Å². The van der Waals surface area contributed by atoms with Crippen LogP contribution in [0.15, 0.2) is 4.99 Å². The molecule has 1 heterocycles. The van der Waals surface area contributed by atoms with Crippen LogP contribution in [0.25, 0.3) is 0 Å². The molecule has 98 valence electrons. The van der Waals surface area contributed by atoms with Crippen LogP contribution >= 0.6 is 0 Å². The number of aliphatic imine (C=N–C) groups is 1. The van der Waals surface area contributed by atoms with E-state index in [1.807, 2.05) is 0 Å². The average molecular weight is 241 g/mol. The summed E-state index contributed by atoms with van der Waals surface area (Å²) in [4.78, 5) is 6.60. The lowest BCUT2D eigenvalue weighted by atomic mass is 10.0. The van der Waals surface area contributed by atoms with E-state index in [2.05, 4.69) is 9.89 Å². The van der Waals surface area contributed by atoms with Crippen LogP contribution < -0.4 is 5.73 Å². The highest BCUT2D eigenvalue weighted by molar-refractivity contribution is 5.78. The van der Waals surface area contributed by atoms with E-state index in [1.165, 1.54) is 12.8 Å². The van der Waals surface area contributed by atoms with E-state index >= 15 is 0 Å². The normalized spacial score (nSPS) is 25.2. The monoisotopic (exact) mass is 241 g/mol. The molecule has 0 atom stereocenters. The highest BCUT2D eigenvalue weighted by Gasteiger charge is 2.33. The Bertz CT molecular complexity index is 269. The SMILES string of the molecule is COC1(CN=C(N)N2CCOCC2)CCCC1. The minimum Gasteiger partial charge on any atom is -0.378 e. The molecule has 5 heteroatoms. The Kier molecular flexibility index (Phi) is 4.23. The topological polar surface area (TPSA) is 60.1 Å². The number of morpholine rings is 1. The van der Waals surface area contributed by atoms with Crippen molar-refractivity contribution in [3.05, 3.63) is 0 Å². The van der Waals surface area contributed by atoms with Gasteiger partial charge in [0.25, 0.3) is 0 Å². The van der Waals surface area contributed by atoms with E-state index in [0.717, 1.165) is 39.1 Å². The summed E-state index contributed by atoms with van der Waals surface area (Å²) in [5, 5.41) is 0. The number of ether oxygens (including phenoxy) is 2. The summed E-state index contributed by atoms with van der Waals surface area (Å²) >= 11 is 0. The first-order valence-corrected chi connectivity index (χ1v) is 6.43. The minimum atomic E-state index is -0.0586. The van der Waals surface area contributed by atoms with Crippen molar-refractivity contribution in [1.29, 1.82) is 0 Å². The Morgan fingerprint density at radius 2 is 2.00 bits per heavy atom. The summed E-state index contributed by atoms with van der Waals surface area (Å²) in [6.07, 6.45) is 4.68. The zero-order valence-corrected chi connectivity index (χ0v) is 10.7. The standard InChI is InChI=1S/C12H23N3O2/c1-16-12(4-2-3-5-12)10-14-11(13)15-6-8-17-9-7-15/h2-10H2,1H3,(H2,13,14). The predicted octanol–water partition coefficient (Wildman–Crippen LogP) is 0.592. The molecule has 17 heavy (non-hydrogen) atoms. The summed E-state index contributed by atoms with van der Waals surface area (Å²) in [6, 6.07) is 0. The van der Waals surface area contributed by atoms with Crippen molar-refractivity contribution in [2.75, 3.05) is 40.0 Å². The Balaban J connectivity index is 1.89. The predicted molar refractivity (Wildman–Crippen MR) is 67.1 cm³/mol. The first-order chi connectivity index (χ1) is 8.26. The van der Waals surface area contributed by atoms with Crippen LogP contribution in [0.4, 0.5) is 0 Å². The van der Waals surface area contributed by atoms with Crippen molar-refractivity contribution < 1.29 is 9.47 Å². The van der Waals surface area contributed by atoms with E-state index < -0.39 is 0 Å². The second-order valence-electron chi connectivity index (χ2n) is 4.87. The van der Waals surface area contributed by atoms with Crippen LogP contribution in [0.3, 0.4) is 0 Å². The molecular formula is C12H23N3O2. The van der Waals surface area contributed by atoms with Gasteiger partial charge >= 0.3 is 0 Å². The molecule has 2 fully saturated rings. The molecular weight excluding hydrogens is 218 g/mol. The largest absolute Gasteiger partial charge is 0.378 e. The van der Waals surface area contributed by atoms with Gasteiger partial charge in [-0.05, 0) is 12.8 Å². The number of nitrogens with two attached hydrogens (primary N) is 1. The third-order valence-electron chi connectivity index (χ3n) is 3.81. The van der Waals surface area contributed by atoms with E-state index in [-0.39, 0.29) is 5.60 Å². The molecule has 0 aromatic heterocycles. The number of methoxy groups -OCH3 is 1. The van der Waals surface area contributed by atoms with E-state index in [0.29, 0.717) is 12.5 Å². The minimum absolute atomic E-state index is 0.0586. The summed E-state index contributed by atoms with van der Waals surface area (Å²) in [5.74, 6) is 0.636. The van der Waals surface area contributed by atoms with Gasteiger partial charge in [-0.2, -0.15) is 0 Å². The van der Waals surface area contributed by atoms with E-state index in [9.17, 15) is 0 Å². The molecule has 1 saturated carbocycles. The zero-order valence-electron chi connectivity index (χ0n) is 10.7.